The van der Waals surface area contributed by atoms with Crippen LogP contribution in [-0.2, 0) is 11.3 Å². The molecule has 8 heteroatoms. The Kier molecular flexibility index (Phi) is 3.56. The van der Waals surface area contributed by atoms with E-state index in [4.69, 9.17) is 15.0 Å². The summed E-state index contributed by atoms with van der Waals surface area (Å²) in [6.45, 7) is 2.79. The number of hydrogen-bond acceptors (Lipinski definition) is 8. The largest absolute Gasteiger partial charge is 0.367 e. The average Bonchev–Trinajstić information content (AvgIpc) is 3.07. The van der Waals surface area contributed by atoms with Gasteiger partial charge in [-0.2, -0.15) is 4.98 Å². The Morgan fingerprint density at radius 2 is 2.42 bits per heavy atom. The van der Waals surface area contributed by atoms with E-state index < -0.39 is 0 Å². The van der Waals surface area contributed by atoms with Crippen molar-refractivity contribution in [2.24, 2.45) is 5.73 Å². The van der Waals surface area contributed by atoms with E-state index in [1.807, 2.05) is 12.4 Å². The summed E-state index contributed by atoms with van der Waals surface area (Å²) in [6, 6.07) is 0. The molecular weight excluding hydrogens is 266 g/mol. The Labute approximate surface area is 114 Å². The number of ether oxygens (including phenoxy) is 1. The van der Waals surface area contributed by atoms with Crippen LogP contribution < -0.4 is 5.73 Å². The van der Waals surface area contributed by atoms with Gasteiger partial charge in [-0.25, -0.2) is 4.98 Å². The van der Waals surface area contributed by atoms with E-state index in [-0.39, 0.29) is 6.10 Å². The molecule has 2 aromatic heterocycles. The number of nitrogens with two attached hydrogens (primary N) is 1. The Morgan fingerprint density at radius 1 is 1.53 bits per heavy atom. The molecule has 0 aromatic carbocycles. The third kappa shape index (κ3) is 2.66. The molecule has 0 spiro atoms. The highest BCUT2D eigenvalue weighted by atomic mass is 32.1. The Hall–Kier alpha value is -1.35. The first kappa shape index (κ1) is 12.7. The minimum atomic E-state index is -0.135. The molecule has 7 nitrogen and oxygen atoms in total. The van der Waals surface area contributed by atoms with Crippen molar-refractivity contribution in [1.29, 1.82) is 0 Å². The number of rotatable bonds is 3. The topological polar surface area (TPSA) is 90.3 Å². The predicted octanol–water partition coefficient (Wildman–Crippen LogP) is 0.655. The van der Waals surface area contributed by atoms with Crippen molar-refractivity contribution in [1.82, 2.24) is 20.0 Å². The summed E-state index contributed by atoms with van der Waals surface area (Å²) in [7, 11) is 2.05. The fraction of sp³-hybridized carbons (Fsp3) is 0.545. The summed E-state index contributed by atoms with van der Waals surface area (Å²) in [4.78, 5) is 10.9. The van der Waals surface area contributed by atoms with Gasteiger partial charge in [0.25, 0.3) is 5.89 Å². The van der Waals surface area contributed by atoms with Gasteiger partial charge in [-0.15, -0.1) is 11.3 Å². The third-order valence-electron chi connectivity index (χ3n) is 2.94. The highest BCUT2D eigenvalue weighted by molar-refractivity contribution is 7.09. The van der Waals surface area contributed by atoms with Crippen molar-refractivity contribution < 1.29 is 9.26 Å². The van der Waals surface area contributed by atoms with Gasteiger partial charge in [0.05, 0.1) is 6.61 Å². The lowest BCUT2D eigenvalue weighted by atomic mass is 10.3. The van der Waals surface area contributed by atoms with E-state index in [1.54, 1.807) is 0 Å². The standard InChI is InChI=1S/C11H15N5O2S/c1-16-2-3-17-8(5-16)10-14-11(18-15-10)7-6-19-9(4-12)13-7/h6,8H,2-5,12H2,1H3. The van der Waals surface area contributed by atoms with Gasteiger partial charge < -0.3 is 19.9 Å². The molecule has 1 atom stereocenters. The molecule has 0 radical (unpaired) electrons. The molecule has 19 heavy (non-hydrogen) atoms. The molecule has 0 amide bonds. The molecule has 0 bridgehead atoms. The van der Waals surface area contributed by atoms with Gasteiger partial charge >= 0.3 is 0 Å². The maximum atomic E-state index is 5.65. The number of thiazole rings is 1. The predicted molar refractivity (Wildman–Crippen MR) is 69.5 cm³/mol. The molecule has 1 fully saturated rings. The summed E-state index contributed by atoms with van der Waals surface area (Å²) in [5, 5.41) is 6.70. The zero-order valence-electron chi connectivity index (χ0n) is 10.6. The van der Waals surface area contributed by atoms with Crippen molar-refractivity contribution in [3.05, 3.63) is 16.2 Å². The maximum absolute atomic E-state index is 5.65. The number of aromatic nitrogens is 3. The molecular formula is C11H15N5O2S. The van der Waals surface area contributed by atoms with Crippen LogP contribution in [0.2, 0.25) is 0 Å². The lowest BCUT2D eigenvalue weighted by Gasteiger charge is -2.27. The van der Waals surface area contributed by atoms with Crippen LogP contribution in [-0.4, -0.2) is 46.8 Å². The van der Waals surface area contributed by atoms with E-state index in [2.05, 4.69) is 20.0 Å². The fourth-order valence-corrected chi connectivity index (χ4v) is 2.56. The minimum absolute atomic E-state index is 0.135. The highest BCUT2D eigenvalue weighted by Gasteiger charge is 2.25. The SMILES string of the molecule is CN1CCOC(c2noc(-c3csc(CN)n3)n2)C1. The van der Waals surface area contributed by atoms with E-state index in [1.165, 1.54) is 11.3 Å². The summed E-state index contributed by atoms with van der Waals surface area (Å²) in [6.07, 6.45) is -0.135. The van der Waals surface area contributed by atoms with Gasteiger partial charge in [0.1, 0.15) is 16.8 Å². The van der Waals surface area contributed by atoms with Crippen LogP contribution in [0.15, 0.2) is 9.90 Å². The van der Waals surface area contributed by atoms with Crippen LogP contribution >= 0.6 is 11.3 Å². The highest BCUT2D eigenvalue weighted by Crippen LogP contribution is 2.24. The van der Waals surface area contributed by atoms with Crippen LogP contribution in [0, 0.1) is 0 Å². The lowest BCUT2D eigenvalue weighted by molar-refractivity contribution is -0.0264. The first-order valence-corrected chi connectivity index (χ1v) is 6.93. The van der Waals surface area contributed by atoms with Crippen LogP contribution in [0.4, 0.5) is 0 Å². The van der Waals surface area contributed by atoms with E-state index in [0.717, 1.165) is 18.1 Å². The number of morpholine rings is 1. The molecule has 1 unspecified atom stereocenters. The summed E-state index contributed by atoms with van der Waals surface area (Å²) in [5.41, 5.74) is 6.21. The second kappa shape index (κ2) is 5.33. The van der Waals surface area contributed by atoms with Gasteiger partial charge in [0, 0.05) is 25.0 Å². The second-order valence-corrected chi connectivity index (χ2v) is 5.35. The first-order chi connectivity index (χ1) is 9.26. The van der Waals surface area contributed by atoms with E-state index >= 15 is 0 Å². The monoisotopic (exact) mass is 281 g/mol. The molecule has 2 aromatic rings. The zero-order valence-corrected chi connectivity index (χ0v) is 11.4. The normalized spacial score (nSPS) is 20.8. The fourth-order valence-electron chi connectivity index (χ4n) is 1.91. The quantitative estimate of drug-likeness (QED) is 0.883. The van der Waals surface area contributed by atoms with Crippen LogP contribution in [0.3, 0.4) is 0 Å². The molecule has 3 rings (SSSR count). The van der Waals surface area contributed by atoms with E-state index in [0.29, 0.717) is 30.6 Å². The minimum Gasteiger partial charge on any atom is -0.367 e. The van der Waals surface area contributed by atoms with Crippen molar-refractivity contribution in [2.75, 3.05) is 26.7 Å². The van der Waals surface area contributed by atoms with Gasteiger partial charge in [-0.3, -0.25) is 0 Å². The van der Waals surface area contributed by atoms with Gasteiger partial charge in [0.2, 0.25) is 5.82 Å². The lowest BCUT2D eigenvalue weighted by Crippen LogP contribution is -2.35. The Morgan fingerprint density at radius 3 is 3.16 bits per heavy atom. The van der Waals surface area contributed by atoms with Crippen molar-refractivity contribution in [2.45, 2.75) is 12.6 Å². The smallest absolute Gasteiger partial charge is 0.277 e. The van der Waals surface area contributed by atoms with Crippen LogP contribution in [0.25, 0.3) is 11.6 Å². The van der Waals surface area contributed by atoms with Crippen LogP contribution in [0.5, 0.6) is 0 Å². The van der Waals surface area contributed by atoms with Gasteiger partial charge in [0.15, 0.2) is 0 Å². The summed E-state index contributed by atoms with van der Waals surface area (Å²) < 4.78 is 10.9. The molecule has 3 heterocycles. The van der Waals surface area contributed by atoms with Crippen molar-refractivity contribution >= 4 is 11.3 Å². The first-order valence-electron chi connectivity index (χ1n) is 6.05. The number of likely N-dealkylation sites (N-methyl/N-ethyl adjacent to an activating group) is 1. The molecule has 1 aliphatic heterocycles. The van der Waals surface area contributed by atoms with E-state index in [9.17, 15) is 0 Å². The molecule has 102 valence electrons. The summed E-state index contributed by atoms with van der Waals surface area (Å²) >= 11 is 1.49. The molecule has 2 N–H and O–H groups in total. The number of nitrogens with zero attached hydrogens (tertiary/aromatic N) is 4. The van der Waals surface area contributed by atoms with Gasteiger partial charge in [-0.05, 0) is 7.05 Å². The van der Waals surface area contributed by atoms with Crippen molar-refractivity contribution in [3.63, 3.8) is 0 Å². The molecule has 0 saturated carbocycles. The van der Waals surface area contributed by atoms with Crippen LogP contribution in [0.1, 0.15) is 16.9 Å². The Balaban J connectivity index is 1.78. The van der Waals surface area contributed by atoms with Crippen molar-refractivity contribution in [3.8, 4) is 11.6 Å². The number of hydrogen-bond donors (Lipinski definition) is 1. The zero-order chi connectivity index (χ0) is 13.2. The molecule has 1 aliphatic rings. The Bertz CT molecular complexity index is 555. The average molecular weight is 281 g/mol. The maximum Gasteiger partial charge on any atom is 0.277 e. The third-order valence-corrected chi connectivity index (χ3v) is 3.82. The second-order valence-electron chi connectivity index (χ2n) is 4.41. The molecule has 1 saturated heterocycles. The molecule has 0 aliphatic carbocycles. The van der Waals surface area contributed by atoms with Gasteiger partial charge in [-0.1, -0.05) is 5.16 Å². The summed E-state index contributed by atoms with van der Waals surface area (Å²) in [5.74, 6) is 0.992.